The normalized spacial score (nSPS) is 10.8. The lowest BCUT2D eigenvalue weighted by Gasteiger charge is -2.25. The molecule has 5 nitrogen and oxygen atoms in total. The molecule has 0 spiro atoms. The molecule has 1 aromatic rings. The molecule has 0 bridgehead atoms. The Morgan fingerprint density at radius 3 is 2.33 bits per heavy atom. The first-order valence-corrected chi connectivity index (χ1v) is 8.88. The van der Waals surface area contributed by atoms with E-state index >= 15 is 0 Å². The van der Waals surface area contributed by atoms with Gasteiger partial charge in [0.2, 0.25) is 0 Å². The lowest BCUT2D eigenvalue weighted by atomic mass is 10.0. The number of carbonyl (C=O) groups is 2. The second-order valence-corrected chi connectivity index (χ2v) is 6.36. The average molecular weight is 333 g/mol. The maximum atomic E-state index is 12.8. The van der Waals surface area contributed by atoms with Gasteiger partial charge in [-0.15, -0.1) is 0 Å². The van der Waals surface area contributed by atoms with Crippen molar-refractivity contribution in [3.8, 4) is 0 Å². The van der Waals surface area contributed by atoms with E-state index in [1.54, 1.807) is 24.3 Å². The third kappa shape index (κ3) is 6.22. The van der Waals surface area contributed by atoms with Gasteiger partial charge in [-0.25, -0.2) is 4.79 Å². The SMILES string of the molecule is CCC(CC)CN(CC)C(=O)c1cccc(NC(=O)NC(C)C)c1. The highest BCUT2D eigenvalue weighted by molar-refractivity contribution is 5.97. The highest BCUT2D eigenvalue weighted by atomic mass is 16.2. The summed E-state index contributed by atoms with van der Waals surface area (Å²) in [4.78, 5) is 26.4. The molecule has 0 saturated heterocycles. The van der Waals surface area contributed by atoms with Crippen LogP contribution in [0.5, 0.6) is 0 Å². The maximum Gasteiger partial charge on any atom is 0.319 e. The van der Waals surface area contributed by atoms with E-state index in [4.69, 9.17) is 0 Å². The van der Waals surface area contributed by atoms with Gasteiger partial charge in [0.15, 0.2) is 0 Å². The van der Waals surface area contributed by atoms with Crippen LogP contribution in [0.25, 0.3) is 0 Å². The predicted molar refractivity (Wildman–Crippen MR) is 99.4 cm³/mol. The number of rotatable bonds is 8. The van der Waals surface area contributed by atoms with E-state index in [2.05, 4.69) is 24.5 Å². The van der Waals surface area contributed by atoms with Gasteiger partial charge in [-0.3, -0.25) is 4.79 Å². The van der Waals surface area contributed by atoms with Crippen LogP contribution in [0.15, 0.2) is 24.3 Å². The molecule has 24 heavy (non-hydrogen) atoms. The number of nitrogens with one attached hydrogen (secondary N) is 2. The molecule has 0 unspecified atom stereocenters. The van der Waals surface area contributed by atoms with E-state index in [-0.39, 0.29) is 18.0 Å². The number of benzene rings is 1. The van der Waals surface area contributed by atoms with Gasteiger partial charge in [0.05, 0.1) is 0 Å². The first-order chi connectivity index (χ1) is 11.4. The summed E-state index contributed by atoms with van der Waals surface area (Å²) in [7, 11) is 0. The van der Waals surface area contributed by atoms with Crippen LogP contribution in [-0.4, -0.2) is 36.0 Å². The molecule has 5 heteroatoms. The Hall–Kier alpha value is -2.04. The van der Waals surface area contributed by atoms with E-state index in [0.29, 0.717) is 23.7 Å². The molecule has 0 radical (unpaired) electrons. The molecule has 0 saturated carbocycles. The Labute approximate surface area is 145 Å². The molecule has 0 aliphatic rings. The molecule has 1 rings (SSSR count). The fraction of sp³-hybridized carbons (Fsp3) is 0.579. The minimum atomic E-state index is -0.265. The van der Waals surface area contributed by atoms with Gasteiger partial charge in [-0.05, 0) is 44.9 Å². The lowest BCUT2D eigenvalue weighted by Crippen LogP contribution is -2.35. The second kappa shape index (κ2) is 9.96. The number of hydrogen-bond acceptors (Lipinski definition) is 2. The minimum Gasteiger partial charge on any atom is -0.339 e. The molecule has 0 aliphatic carbocycles. The van der Waals surface area contributed by atoms with Crippen LogP contribution in [0.1, 0.15) is 57.8 Å². The molecular formula is C19H31N3O2. The monoisotopic (exact) mass is 333 g/mol. The van der Waals surface area contributed by atoms with Crippen molar-refractivity contribution in [1.82, 2.24) is 10.2 Å². The zero-order valence-electron chi connectivity index (χ0n) is 15.6. The number of amides is 3. The Bertz CT molecular complexity index is 539. The van der Waals surface area contributed by atoms with Crippen LogP contribution in [0.3, 0.4) is 0 Å². The van der Waals surface area contributed by atoms with Crippen LogP contribution < -0.4 is 10.6 Å². The van der Waals surface area contributed by atoms with Crippen molar-refractivity contribution < 1.29 is 9.59 Å². The van der Waals surface area contributed by atoms with Crippen LogP contribution >= 0.6 is 0 Å². The smallest absolute Gasteiger partial charge is 0.319 e. The first-order valence-electron chi connectivity index (χ1n) is 8.88. The van der Waals surface area contributed by atoms with Crippen molar-refractivity contribution in [2.24, 2.45) is 5.92 Å². The van der Waals surface area contributed by atoms with E-state index in [9.17, 15) is 9.59 Å². The van der Waals surface area contributed by atoms with E-state index in [0.717, 1.165) is 19.4 Å². The number of hydrogen-bond donors (Lipinski definition) is 2. The van der Waals surface area contributed by atoms with Gasteiger partial charge in [0, 0.05) is 30.4 Å². The van der Waals surface area contributed by atoms with Crippen molar-refractivity contribution in [2.75, 3.05) is 18.4 Å². The third-order valence-corrected chi connectivity index (χ3v) is 4.09. The quantitative estimate of drug-likeness (QED) is 0.752. The summed E-state index contributed by atoms with van der Waals surface area (Å²) in [6, 6.07) is 6.91. The fourth-order valence-electron chi connectivity index (χ4n) is 2.56. The third-order valence-electron chi connectivity index (χ3n) is 4.09. The maximum absolute atomic E-state index is 12.8. The highest BCUT2D eigenvalue weighted by Gasteiger charge is 2.18. The molecule has 0 fully saturated rings. The average Bonchev–Trinajstić information content (AvgIpc) is 2.55. The topological polar surface area (TPSA) is 61.4 Å². The molecule has 0 aromatic heterocycles. The fourth-order valence-corrected chi connectivity index (χ4v) is 2.56. The zero-order chi connectivity index (χ0) is 18.1. The molecule has 1 aromatic carbocycles. The van der Waals surface area contributed by atoms with E-state index < -0.39 is 0 Å². The summed E-state index contributed by atoms with van der Waals surface area (Å²) in [5.74, 6) is 0.532. The molecule has 3 amide bonds. The van der Waals surface area contributed by atoms with Gasteiger partial charge in [-0.1, -0.05) is 32.8 Å². The number of urea groups is 1. The zero-order valence-corrected chi connectivity index (χ0v) is 15.6. The molecular weight excluding hydrogens is 302 g/mol. The molecule has 0 aliphatic heterocycles. The van der Waals surface area contributed by atoms with Crippen molar-refractivity contribution in [1.29, 1.82) is 0 Å². The molecule has 134 valence electrons. The Balaban J connectivity index is 2.83. The summed E-state index contributed by atoms with van der Waals surface area (Å²) in [5, 5.41) is 5.54. The van der Waals surface area contributed by atoms with E-state index in [1.807, 2.05) is 25.7 Å². The van der Waals surface area contributed by atoms with E-state index in [1.165, 1.54) is 0 Å². The lowest BCUT2D eigenvalue weighted by molar-refractivity contribution is 0.0735. The summed E-state index contributed by atoms with van der Waals surface area (Å²) in [6.45, 7) is 11.6. The van der Waals surface area contributed by atoms with Gasteiger partial charge in [0.1, 0.15) is 0 Å². The molecule has 2 N–H and O–H groups in total. The van der Waals surface area contributed by atoms with Crippen molar-refractivity contribution in [2.45, 2.75) is 53.5 Å². The number of nitrogens with zero attached hydrogens (tertiary/aromatic N) is 1. The number of carbonyl (C=O) groups excluding carboxylic acids is 2. The highest BCUT2D eigenvalue weighted by Crippen LogP contribution is 2.16. The summed E-state index contributed by atoms with van der Waals surface area (Å²) in [5.41, 5.74) is 1.22. The Kier molecular flexibility index (Phi) is 8.30. The number of anilines is 1. The van der Waals surface area contributed by atoms with Gasteiger partial charge >= 0.3 is 6.03 Å². The van der Waals surface area contributed by atoms with Crippen LogP contribution in [0, 0.1) is 5.92 Å². The largest absolute Gasteiger partial charge is 0.339 e. The predicted octanol–water partition coefficient (Wildman–Crippen LogP) is 4.11. The van der Waals surface area contributed by atoms with Crippen LogP contribution in [0.4, 0.5) is 10.5 Å². The molecule has 0 heterocycles. The summed E-state index contributed by atoms with van der Waals surface area (Å²) in [6.07, 6.45) is 2.13. The minimum absolute atomic E-state index is 0.0114. The van der Waals surface area contributed by atoms with Gasteiger partial charge in [-0.2, -0.15) is 0 Å². The van der Waals surface area contributed by atoms with Crippen LogP contribution in [0.2, 0.25) is 0 Å². The van der Waals surface area contributed by atoms with Crippen LogP contribution in [-0.2, 0) is 0 Å². The van der Waals surface area contributed by atoms with Crippen molar-refractivity contribution in [3.05, 3.63) is 29.8 Å². The standard InChI is InChI=1S/C19H31N3O2/c1-6-15(7-2)13-22(8-3)18(23)16-10-9-11-17(12-16)21-19(24)20-14(4)5/h9-12,14-15H,6-8,13H2,1-5H3,(H2,20,21,24). The summed E-state index contributed by atoms with van der Waals surface area (Å²) < 4.78 is 0. The van der Waals surface area contributed by atoms with Gasteiger partial charge < -0.3 is 15.5 Å². The Morgan fingerprint density at radius 2 is 1.79 bits per heavy atom. The first kappa shape index (κ1) is 20.0. The molecule has 0 atom stereocenters. The summed E-state index contributed by atoms with van der Waals surface area (Å²) >= 11 is 0. The van der Waals surface area contributed by atoms with Crippen molar-refractivity contribution >= 4 is 17.6 Å². The second-order valence-electron chi connectivity index (χ2n) is 6.36. The van der Waals surface area contributed by atoms with Crippen molar-refractivity contribution in [3.63, 3.8) is 0 Å². The van der Waals surface area contributed by atoms with Gasteiger partial charge in [0.25, 0.3) is 5.91 Å². The Morgan fingerprint density at radius 1 is 1.12 bits per heavy atom.